The highest BCUT2D eigenvalue weighted by atomic mass is 16.1. The summed E-state index contributed by atoms with van der Waals surface area (Å²) in [5.41, 5.74) is 1.88. The van der Waals surface area contributed by atoms with E-state index in [2.05, 4.69) is 5.32 Å². The Labute approximate surface area is 94.4 Å². The first-order chi connectivity index (χ1) is 7.81. The molecular weight excluding hydrogens is 200 g/mol. The maximum Gasteiger partial charge on any atom is 0.188 e. The Morgan fingerprint density at radius 1 is 1.44 bits per heavy atom. The second-order valence-corrected chi connectivity index (χ2v) is 3.72. The summed E-state index contributed by atoms with van der Waals surface area (Å²) in [6.07, 6.45) is 3.59. The van der Waals surface area contributed by atoms with Crippen molar-refractivity contribution in [2.75, 3.05) is 6.54 Å². The molecule has 2 rings (SSSR count). The zero-order chi connectivity index (χ0) is 11.4. The molecule has 1 N–H and O–H groups in total. The molecule has 80 valence electrons. The number of nitrogens with zero attached hydrogens (tertiary/aromatic N) is 1. The highest BCUT2D eigenvalue weighted by Gasteiger charge is 2.11. The minimum atomic E-state index is -0.0958. The van der Waals surface area contributed by atoms with Crippen molar-refractivity contribution in [3.8, 4) is 6.07 Å². The third-order valence-corrected chi connectivity index (χ3v) is 2.59. The van der Waals surface area contributed by atoms with Crippen LogP contribution in [0.1, 0.15) is 28.8 Å². The zero-order valence-corrected chi connectivity index (χ0v) is 8.86. The van der Waals surface area contributed by atoms with Crippen LogP contribution in [0.4, 0.5) is 0 Å². The zero-order valence-electron chi connectivity index (χ0n) is 8.86. The summed E-state index contributed by atoms with van der Waals surface area (Å²) in [4.78, 5) is 11.9. The van der Waals surface area contributed by atoms with Crippen LogP contribution in [0.15, 0.2) is 36.0 Å². The number of carbonyl (C=O) groups excluding carboxylic acids is 1. The Bertz CT molecular complexity index is 475. The van der Waals surface area contributed by atoms with Gasteiger partial charge in [-0.2, -0.15) is 5.26 Å². The largest absolute Gasteiger partial charge is 0.388 e. The van der Waals surface area contributed by atoms with Crippen molar-refractivity contribution in [3.63, 3.8) is 0 Å². The molecule has 1 fully saturated rings. The fraction of sp³-hybridized carbons (Fsp3) is 0.231. The molecule has 0 radical (unpaired) electrons. The molecule has 0 saturated carbocycles. The number of nitriles is 1. The molecule has 0 atom stereocenters. The smallest absolute Gasteiger partial charge is 0.188 e. The number of hydrogen-bond acceptors (Lipinski definition) is 3. The van der Waals surface area contributed by atoms with Gasteiger partial charge in [-0.15, -0.1) is 0 Å². The third-order valence-electron chi connectivity index (χ3n) is 2.59. The quantitative estimate of drug-likeness (QED) is 0.602. The van der Waals surface area contributed by atoms with Gasteiger partial charge < -0.3 is 5.32 Å². The summed E-state index contributed by atoms with van der Waals surface area (Å²) in [6.45, 7) is 0.930. The van der Waals surface area contributed by atoms with E-state index < -0.39 is 0 Å². The maximum atomic E-state index is 11.9. The molecule has 1 heterocycles. The molecule has 1 aliphatic rings. The van der Waals surface area contributed by atoms with Crippen molar-refractivity contribution < 1.29 is 4.79 Å². The van der Waals surface area contributed by atoms with Crippen LogP contribution in [-0.2, 0) is 0 Å². The summed E-state index contributed by atoms with van der Waals surface area (Å²) in [5.74, 6) is -0.0958. The third kappa shape index (κ3) is 2.12. The number of benzene rings is 1. The normalized spacial score (nSPS) is 16.8. The first-order valence-corrected chi connectivity index (χ1v) is 5.29. The topological polar surface area (TPSA) is 52.9 Å². The molecule has 0 amide bonds. The van der Waals surface area contributed by atoms with Crippen LogP contribution in [0.3, 0.4) is 0 Å². The fourth-order valence-corrected chi connectivity index (χ4v) is 1.77. The lowest BCUT2D eigenvalue weighted by molar-refractivity contribution is 0.104. The van der Waals surface area contributed by atoms with E-state index in [1.165, 1.54) is 0 Å². The van der Waals surface area contributed by atoms with Gasteiger partial charge in [0.25, 0.3) is 0 Å². The number of allylic oxidation sites excluding steroid dienone is 2. The first-order valence-electron chi connectivity index (χ1n) is 5.29. The number of ketones is 1. The van der Waals surface area contributed by atoms with Crippen LogP contribution in [0.2, 0.25) is 0 Å². The van der Waals surface area contributed by atoms with Crippen molar-refractivity contribution in [2.24, 2.45) is 0 Å². The van der Waals surface area contributed by atoms with Crippen molar-refractivity contribution in [3.05, 3.63) is 47.2 Å². The van der Waals surface area contributed by atoms with Crippen molar-refractivity contribution in [1.29, 1.82) is 5.26 Å². The Balaban J connectivity index is 2.27. The van der Waals surface area contributed by atoms with Gasteiger partial charge in [0.2, 0.25) is 0 Å². The summed E-state index contributed by atoms with van der Waals surface area (Å²) in [5, 5.41) is 12.0. The van der Waals surface area contributed by atoms with E-state index in [1.807, 2.05) is 6.07 Å². The van der Waals surface area contributed by atoms with E-state index in [0.717, 1.165) is 25.1 Å². The van der Waals surface area contributed by atoms with Gasteiger partial charge in [-0.1, -0.05) is 12.1 Å². The average molecular weight is 212 g/mol. The molecule has 0 aromatic heterocycles. The monoisotopic (exact) mass is 212 g/mol. The lowest BCUT2D eigenvalue weighted by Gasteiger charge is -2.00. The van der Waals surface area contributed by atoms with E-state index in [-0.39, 0.29) is 5.78 Å². The molecule has 0 aliphatic carbocycles. The SMILES string of the molecule is N#Cc1ccccc1C(=O)/C=C1\CCCN1. The lowest BCUT2D eigenvalue weighted by atomic mass is 10.0. The minimum Gasteiger partial charge on any atom is -0.388 e. The molecule has 1 aliphatic heterocycles. The van der Waals surface area contributed by atoms with Gasteiger partial charge in [0.15, 0.2) is 5.78 Å². The molecule has 3 heteroatoms. The molecule has 0 unspecified atom stereocenters. The maximum absolute atomic E-state index is 11.9. The Kier molecular flexibility index (Phi) is 3.02. The number of carbonyl (C=O) groups is 1. The van der Waals surface area contributed by atoms with E-state index in [0.29, 0.717) is 11.1 Å². The van der Waals surface area contributed by atoms with Gasteiger partial charge in [-0.25, -0.2) is 0 Å². The van der Waals surface area contributed by atoms with Crippen molar-refractivity contribution in [1.82, 2.24) is 5.32 Å². The molecule has 1 aromatic carbocycles. The molecule has 0 spiro atoms. The van der Waals surface area contributed by atoms with Crippen LogP contribution in [-0.4, -0.2) is 12.3 Å². The highest BCUT2D eigenvalue weighted by Crippen LogP contribution is 2.13. The summed E-state index contributed by atoms with van der Waals surface area (Å²) in [6, 6.07) is 8.91. The van der Waals surface area contributed by atoms with Crippen LogP contribution >= 0.6 is 0 Å². The standard InChI is InChI=1S/C13H12N2O/c14-9-10-4-1-2-6-12(10)13(16)8-11-5-3-7-15-11/h1-2,4,6,8,15H,3,5,7H2/b11-8+. The molecule has 3 nitrogen and oxygen atoms in total. The van der Waals surface area contributed by atoms with Crippen LogP contribution in [0.25, 0.3) is 0 Å². The second kappa shape index (κ2) is 4.63. The molecule has 1 aromatic rings. The predicted molar refractivity (Wildman–Crippen MR) is 60.8 cm³/mol. The number of nitrogens with one attached hydrogen (secondary N) is 1. The van der Waals surface area contributed by atoms with E-state index in [9.17, 15) is 4.79 Å². The van der Waals surface area contributed by atoms with E-state index in [4.69, 9.17) is 5.26 Å². The van der Waals surface area contributed by atoms with Gasteiger partial charge in [0.05, 0.1) is 11.6 Å². The van der Waals surface area contributed by atoms with Gasteiger partial charge >= 0.3 is 0 Å². The fourth-order valence-electron chi connectivity index (χ4n) is 1.77. The minimum absolute atomic E-state index is 0.0958. The highest BCUT2D eigenvalue weighted by molar-refractivity contribution is 6.06. The van der Waals surface area contributed by atoms with Crippen LogP contribution in [0.5, 0.6) is 0 Å². The summed E-state index contributed by atoms with van der Waals surface area (Å²) >= 11 is 0. The van der Waals surface area contributed by atoms with Crippen molar-refractivity contribution >= 4 is 5.78 Å². The molecule has 16 heavy (non-hydrogen) atoms. The summed E-state index contributed by atoms with van der Waals surface area (Å²) in [7, 11) is 0. The summed E-state index contributed by atoms with van der Waals surface area (Å²) < 4.78 is 0. The first kappa shape index (κ1) is 10.4. The van der Waals surface area contributed by atoms with E-state index >= 15 is 0 Å². The van der Waals surface area contributed by atoms with Gasteiger partial charge in [0.1, 0.15) is 0 Å². The van der Waals surface area contributed by atoms with Gasteiger partial charge in [-0.05, 0) is 25.0 Å². The average Bonchev–Trinajstić information content (AvgIpc) is 2.81. The Hall–Kier alpha value is -2.08. The van der Waals surface area contributed by atoms with Crippen LogP contribution in [0, 0.1) is 11.3 Å². The van der Waals surface area contributed by atoms with Gasteiger partial charge in [-0.3, -0.25) is 4.79 Å². The number of rotatable bonds is 2. The molecule has 0 bridgehead atoms. The number of hydrogen-bond donors (Lipinski definition) is 1. The second-order valence-electron chi connectivity index (χ2n) is 3.72. The van der Waals surface area contributed by atoms with Crippen LogP contribution < -0.4 is 5.32 Å². The van der Waals surface area contributed by atoms with Crippen molar-refractivity contribution in [2.45, 2.75) is 12.8 Å². The Morgan fingerprint density at radius 2 is 2.25 bits per heavy atom. The Morgan fingerprint density at radius 3 is 2.94 bits per heavy atom. The molecule has 1 saturated heterocycles. The lowest BCUT2D eigenvalue weighted by Crippen LogP contribution is -2.07. The molecular formula is C13H12N2O. The predicted octanol–water partition coefficient (Wildman–Crippen LogP) is 2.01. The van der Waals surface area contributed by atoms with E-state index in [1.54, 1.807) is 30.3 Å². The van der Waals surface area contributed by atoms with Gasteiger partial charge in [0, 0.05) is 23.9 Å².